The summed E-state index contributed by atoms with van der Waals surface area (Å²) in [5, 5.41) is 12.5. The maximum Gasteiger partial charge on any atom is 0.205 e. The smallest absolute Gasteiger partial charge is 0.205 e. The highest BCUT2D eigenvalue weighted by molar-refractivity contribution is 5.26. The van der Waals surface area contributed by atoms with Crippen molar-refractivity contribution in [3.05, 3.63) is 30.9 Å². The molecule has 1 aliphatic heterocycles. The minimum atomic E-state index is -0.233. The normalized spacial score (nSPS) is 17.9. The molecule has 7 nitrogen and oxygen atoms in total. The van der Waals surface area contributed by atoms with Crippen LogP contribution in [0.1, 0.15) is 87.4 Å². The summed E-state index contributed by atoms with van der Waals surface area (Å²) >= 11 is 0. The predicted octanol–water partition coefficient (Wildman–Crippen LogP) is 5.67. The van der Waals surface area contributed by atoms with Gasteiger partial charge in [-0.2, -0.15) is 0 Å². The Kier molecular flexibility index (Phi) is 21.1. The van der Waals surface area contributed by atoms with E-state index in [1.807, 2.05) is 34.6 Å². The highest BCUT2D eigenvalue weighted by Gasteiger charge is 2.30. The number of rotatable bonds is 7. The van der Waals surface area contributed by atoms with E-state index < -0.39 is 0 Å². The zero-order valence-corrected chi connectivity index (χ0v) is 25.5. The van der Waals surface area contributed by atoms with Gasteiger partial charge in [-0.1, -0.05) is 53.5 Å². The molecule has 1 saturated carbocycles. The molecule has 1 aromatic rings. The molecule has 0 aromatic carbocycles. The number of aromatic nitrogens is 2. The van der Waals surface area contributed by atoms with Gasteiger partial charge in [-0.3, -0.25) is 0 Å². The number of allylic oxidation sites excluding steroid dienone is 1. The summed E-state index contributed by atoms with van der Waals surface area (Å²) in [7, 11) is 3.25. The Balaban J connectivity index is 0. The highest BCUT2D eigenvalue weighted by Crippen LogP contribution is 2.34. The summed E-state index contributed by atoms with van der Waals surface area (Å²) in [5.41, 5.74) is -0.106. The average molecular weight is 522 g/mol. The first-order chi connectivity index (χ1) is 17.5. The number of nitrogens with zero attached hydrogens (tertiary/aromatic N) is 2. The lowest BCUT2D eigenvalue weighted by atomic mass is 9.76. The summed E-state index contributed by atoms with van der Waals surface area (Å²) in [6.07, 6.45) is 7.52. The third-order valence-corrected chi connectivity index (χ3v) is 4.89. The second-order valence-electron chi connectivity index (χ2n) is 9.99. The van der Waals surface area contributed by atoms with Crippen molar-refractivity contribution in [2.75, 3.05) is 33.9 Å². The summed E-state index contributed by atoms with van der Waals surface area (Å²) < 4.78 is 15.9. The molecule has 0 atom stereocenters. The van der Waals surface area contributed by atoms with E-state index in [2.05, 4.69) is 66.1 Å². The van der Waals surface area contributed by atoms with E-state index in [9.17, 15) is 5.11 Å². The van der Waals surface area contributed by atoms with Crippen molar-refractivity contribution in [1.82, 2.24) is 15.3 Å². The van der Waals surface area contributed by atoms with E-state index in [0.29, 0.717) is 30.5 Å². The van der Waals surface area contributed by atoms with Gasteiger partial charge in [0, 0.05) is 45.6 Å². The van der Waals surface area contributed by atoms with Crippen LogP contribution in [0.25, 0.3) is 0 Å². The number of aliphatic hydroxyl groups is 1. The van der Waals surface area contributed by atoms with Gasteiger partial charge in [0.15, 0.2) is 5.75 Å². The molecule has 0 spiro atoms. The number of aliphatic hydroxyl groups excluding tert-OH is 1. The van der Waals surface area contributed by atoms with Gasteiger partial charge >= 0.3 is 0 Å². The summed E-state index contributed by atoms with van der Waals surface area (Å²) in [6.45, 7) is 24.6. The molecule has 1 aliphatic carbocycles. The number of hydrogen-bond donors (Lipinski definition) is 2. The predicted molar refractivity (Wildman–Crippen MR) is 155 cm³/mol. The van der Waals surface area contributed by atoms with Crippen LogP contribution in [-0.2, 0) is 9.47 Å². The van der Waals surface area contributed by atoms with Gasteiger partial charge in [0.25, 0.3) is 0 Å². The van der Waals surface area contributed by atoms with Crippen LogP contribution in [0.3, 0.4) is 0 Å². The zero-order valence-electron chi connectivity index (χ0n) is 25.5. The fourth-order valence-electron chi connectivity index (χ4n) is 3.51. The number of ether oxygens (including phenoxy) is 3. The number of hydrogen-bond acceptors (Lipinski definition) is 7. The van der Waals surface area contributed by atoms with E-state index in [0.717, 1.165) is 26.1 Å². The van der Waals surface area contributed by atoms with Gasteiger partial charge < -0.3 is 24.6 Å². The van der Waals surface area contributed by atoms with Gasteiger partial charge in [0.1, 0.15) is 6.10 Å². The van der Waals surface area contributed by atoms with Crippen molar-refractivity contribution in [1.29, 1.82) is 0 Å². The molecule has 1 aromatic heterocycles. The number of nitrogens with one attached hydrogen (secondary N) is 1. The van der Waals surface area contributed by atoms with Crippen LogP contribution in [-0.4, -0.2) is 67.3 Å². The van der Waals surface area contributed by atoms with E-state index in [1.54, 1.807) is 32.7 Å². The van der Waals surface area contributed by atoms with Gasteiger partial charge in [-0.25, -0.2) is 9.97 Å². The molecule has 0 unspecified atom stereocenters. The fourth-order valence-corrected chi connectivity index (χ4v) is 3.51. The van der Waals surface area contributed by atoms with Crippen molar-refractivity contribution < 1.29 is 19.3 Å². The lowest BCUT2D eigenvalue weighted by molar-refractivity contribution is -0.0303. The van der Waals surface area contributed by atoms with Crippen molar-refractivity contribution in [2.24, 2.45) is 10.8 Å². The van der Waals surface area contributed by atoms with Gasteiger partial charge in [-0.05, 0) is 38.5 Å². The average Bonchev–Trinajstić information content (AvgIpc) is 2.80. The first kappa shape index (κ1) is 37.2. The number of methoxy groups -OCH3 is 1. The zero-order chi connectivity index (χ0) is 28.9. The Morgan fingerprint density at radius 3 is 1.95 bits per heavy atom. The molecular weight excluding hydrogens is 466 g/mol. The largest absolute Gasteiger partial charge is 0.487 e. The second kappa shape index (κ2) is 21.0. The standard InChI is InChI=1S/C21H31N3O3.C3H6.C2H6O.2C2H6/c1-20(2,13-21(3,4)14-26-17-9-22-10-17)6-5-19-23-11-18(12-24-19)27-16-7-15(25)8-16;2*1-3-2;2*1-2/h11-12,15-17,22,25H,7-10,13-14H2,1-4H3;3H,1H2,2H3;1-2H3;2*1-2H3. The second-order valence-corrected chi connectivity index (χ2v) is 9.99. The molecule has 2 heterocycles. The Morgan fingerprint density at radius 1 is 1.05 bits per heavy atom. The third kappa shape index (κ3) is 18.0. The third-order valence-electron chi connectivity index (χ3n) is 4.89. The quantitative estimate of drug-likeness (QED) is 0.353. The van der Waals surface area contributed by atoms with Crippen molar-refractivity contribution >= 4 is 0 Å². The first-order valence-electron chi connectivity index (χ1n) is 13.5. The van der Waals surface area contributed by atoms with Crippen LogP contribution < -0.4 is 10.1 Å². The Morgan fingerprint density at radius 2 is 1.54 bits per heavy atom. The molecule has 0 radical (unpaired) electrons. The van der Waals surface area contributed by atoms with Crippen molar-refractivity contribution in [2.45, 2.75) is 99.9 Å². The Labute approximate surface area is 227 Å². The Hall–Kier alpha value is -1.98. The maximum atomic E-state index is 9.30. The van der Waals surface area contributed by atoms with Crippen molar-refractivity contribution in [3.8, 4) is 17.6 Å². The maximum absolute atomic E-state index is 9.30. The van der Waals surface area contributed by atoms with Crippen LogP contribution >= 0.6 is 0 Å². The molecule has 214 valence electrons. The molecule has 2 fully saturated rings. The molecule has 0 amide bonds. The van der Waals surface area contributed by atoms with Crippen LogP contribution in [0, 0.1) is 22.7 Å². The first-order valence-corrected chi connectivity index (χ1v) is 13.5. The lowest BCUT2D eigenvalue weighted by Crippen LogP contribution is -2.49. The minimum Gasteiger partial charge on any atom is -0.487 e. The monoisotopic (exact) mass is 521 g/mol. The molecule has 2 N–H and O–H groups in total. The van der Waals surface area contributed by atoms with Crippen LogP contribution in [0.15, 0.2) is 25.0 Å². The van der Waals surface area contributed by atoms with Gasteiger partial charge in [0.2, 0.25) is 5.82 Å². The fraction of sp³-hybridized carbons (Fsp3) is 0.733. The summed E-state index contributed by atoms with van der Waals surface area (Å²) in [6, 6.07) is 0. The van der Waals surface area contributed by atoms with Crippen molar-refractivity contribution in [3.63, 3.8) is 0 Å². The Bertz CT molecular complexity index is 744. The molecule has 7 heteroatoms. The van der Waals surface area contributed by atoms with Gasteiger partial charge in [0.05, 0.1) is 31.2 Å². The molecule has 3 rings (SSSR count). The molecule has 1 saturated heterocycles. The van der Waals surface area contributed by atoms with E-state index in [4.69, 9.17) is 9.47 Å². The summed E-state index contributed by atoms with van der Waals surface area (Å²) in [4.78, 5) is 8.57. The summed E-state index contributed by atoms with van der Waals surface area (Å²) in [5.74, 6) is 7.53. The lowest BCUT2D eigenvalue weighted by Gasteiger charge is -2.35. The van der Waals surface area contributed by atoms with Crippen LogP contribution in [0.4, 0.5) is 0 Å². The van der Waals surface area contributed by atoms with Crippen LogP contribution in [0.5, 0.6) is 5.75 Å². The topological polar surface area (TPSA) is 85.7 Å². The van der Waals surface area contributed by atoms with E-state index in [1.165, 1.54) is 0 Å². The molecule has 2 aliphatic rings. The molecule has 37 heavy (non-hydrogen) atoms. The van der Waals surface area contributed by atoms with Gasteiger partial charge in [-0.15, -0.1) is 6.58 Å². The molecular formula is C30H55N3O4. The van der Waals surface area contributed by atoms with Crippen LogP contribution in [0.2, 0.25) is 0 Å². The SMILES string of the molecule is C=CC.CC.CC.CC(C)(C#Cc1ncc(OC2CC(O)C2)cn1)CC(C)(C)COC1CNC1.COC. The highest BCUT2D eigenvalue weighted by atomic mass is 16.5. The molecule has 0 bridgehead atoms. The minimum absolute atomic E-state index is 0.0552. The van der Waals surface area contributed by atoms with E-state index in [-0.39, 0.29) is 23.0 Å². The van der Waals surface area contributed by atoms with E-state index >= 15 is 0 Å².